The van der Waals surface area contributed by atoms with Crippen molar-refractivity contribution in [3.05, 3.63) is 20.3 Å². The minimum atomic E-state index is -0.279. The van der Waals surface area contributed by atoms with Gasteiger partial charge in [0.05, 0.1) is 9.89 Å². The quantitative estimate of drug-likeness (QED) is 0.835. The Morgan fingerprint density at radius 1 is 1.40 bits per heavy atom. The van der Waals surface area contributed by atoms with E-state index in [0.29, 0.717) is 0 Å². The Balaban J connectivity index is 2.43. The van der Waals surface area contributed by atoms with Gasteiger partial charge in [0.2, 0.25) is 0 Å². The van der Waals surface area contributed by atoms with Gasteiger partial charge < -0.3 is 5.11 Å². The van der Waals surface area contributed by atoms with Crippen LogP contribution in [0.2, 0.25) is 0 Å². The van der Waals surface area contributed by atoms with E-state index in [4.69, 9.17) is 0 Å². The summed E-state index contributed by atoms with van der Waals surface area (Å²) in [6.45, 7) is 6.50. The van der Waals surface area contributed by atoms with Crippen LogP contribution in [0.4, 0.5) is 0 Å². The minimum Gasteiger partial charge on any atom is -0.388 e. The number of halogens is 1. The fourth-order valence-electron chi connectivity index (χ4n) is 1.51. The van der Waals surface area contributed by atoms with Crippen LogP contribution < -0.4 is 0 Å². The highest BCUT2D eigenvalue weighted by molar-refractivity contribution is 9.11. The van der Waals surface area contributed by atoms with Gasteiger partial charge in [-0.25, -0.2) is 0 Å². The highest BCUT2D eigenvalue weighted by Gasteiger charge is 2.12. The number of aryl methyl sites for hydroxylation is 1. The molecule has 0 fully saturated rings. The molecule has 1 heterocycles. The molecule has 0 aliphatic carbocycles. The fourth-order valence-corrected chi connectivity index (χ4v) is 3.10. The Morgan fingerprint density at radius 2 is 2.07 bits per heavy atom. The first-order valence-corrected chi connectivity index (χ1v) is 7.05. The lowest BCUT2D eigenvalue weighted by molar-refractivity contribution is 0.165. The van der Waals surface area contributed by atoms with Crippen LogP contribution in [-0.4, -0.2) is 5.11 Å². The molecule has 0 aliphatic rings. The third kappa shape index (κ3) is 4.25. The summed E-state index contributed by atoms with van der Waals surface area (Å²) >= 11 is 5.13. The lowest BCUT2D eigenvalue weighted by Crippen LogP contribution is -1.96. The molecule has 0 radical (unpaired) electrons. The van der Waals surface area contributed by atoms with Crippen LogP contribution in [0.1, 0.15) is 49.7 Å². The summed E-state index contributed by atoms with van der Waals surface area (Å²) in [5.74, 6) is 0.731. The van der Waals surface area contributed by atoms with Gasteiger partial charge in [0.15, 0.2) is 0 Å². The summed E-state index contributed by atoms with van der Waals surface area (Å²) < 4.78 is 1.14. The Morgan fingerprint density at radius 3 is 2.53 bits per heavy atom. The second-order valence-electron chi connectivity index (χ2n) is 4.45. The van der Waals surface area contributed by atoms with E-state index in [1.54, 1.807) is 11.3 Å². The van der Waals surface area contributed by atoms with Gasteiger partial charge in [0.1, 0.15) is 0 Å². The summed E-state index contributed by atoms with van der Waals surface area (Å²) in [5, 5.41) is 9.96. The molecular weight excluding hydrogens is 272 g/mol. The molecule has 0 spiro atoms. The number of hydrogen-bond donors (Lipinski definition) is 1. The normalized spacial score (nSPS) is 13.5. The molecular formula is C12H19BrOS. The largest absolute Gasteiger partial charge is 0.388 e. The van der Waals surface area contributed by atoms with E-state index in [2.05, 4.69) is 42.8 Å². The van der Waals surface area contributed by atoms with Gasteiger partial charge in [-0.2, -0.15) is 0 Å². The van der Waals surface area contributed by atoms with Crippen LogP contribution in [0.15, 0.2) is 9.85 Å². The first-order chi connectivity index (χ1) is 7.00. The Kier molecular flexibility index (Phi) is 5.30. The zero-order chi connectivity index (χ0) is 11.4. The van der Waals surface area contributed by atoms with Gasteiger partial charge in [-0.05, 0) is 46.8 Å². The monoisotopic (exact) mass is 290 g/mol. The Labute approximate surface area is 105 Å². The van der Waals surface area contributed by atoms with Crippen molar-refractivity contribution in [3.63, 3.8) is 0 Å². The molecule has 0 bridgehead atoms. The van der Waals surface area contributed by atoms with Crippen LogP contribution in [0.5, 0.6) is 0 Å². The Bertz CT molecular complexity index is 287. The van der Waals surface area contributed by atoms with Crippen molar-refractivity contribution in [1.82, 2.24) is 0 Å². The maximum absolute atomic E-state index is 9.96. The highest BCUT2D eigenvalue weighted by atomic mass is 79.9. The molecule has 1 N–H and O–H groups in total. The van der Waals surface area contributed by atoms with Crippen LogP contribution in [0, 0.1) is 12.8 Å². The molecule has 1 rings (SSSR count). The summed E-state index contributed by atoms with van der Waals surface area (Å²) in [4.78, 5) is 1.09. The molecule has 3 heteroatoms. The summed E-state index contributed by atoms with van der Waals surface area (Å²) in [6.07, 6.45) is 2.90. The van der Waals surface area contributed by atoms with E-state index >= 15 is 0 Å². The van der Waals surface area contributed by atoms with Crippen molar-refractivity contribution < 1.29 is 5.11 Å². The smallest absolute Gasteiger partial charge is 0.0882 e. The van der Waals surface area contributed by atoms with Gasteiger partial charge in [-0.1, -0.05) is 26.7 Å². The maximum Gasteiger partial charge on any atom is 0.0882 e. The van der Waals surface area contributed by atoms with Gasteiger partial charge in [-0.3, -0.25) is 0 Å². The van der Waals surface area contributed by atoms with Crippen molar-refractivity contribution >= 4 is 27.3 Å². The van der Waals surface area contributed by atoms with Gasteiger partial charge >= 0.3 is 0 Å². The summed E-state index contributed by atoms with van der Waals surface area (Å²) in [7, 11) is 0. The fraction of sp³-hybridized carbons (Fsp3) is 0.667. The predicted octanol–water partition coefficient (Wildman–Crippen LogP) is 4.68. The average Bonchev–Trinajstić information content (AvgIpc) is 2.46. The molecule has 1 aromatic rings. The lowest BCUT2D eigenvalue weighted by Gasteiger charge is -2.09. The van der Waals surface area contributed by atoms with Crippen LogP contribution in [-0.2, 0) is 0 Å². The number of aliphatic hydroxyl groups is 1. The van der Waals surface area contributed by atoms with Crippen molar-refractivity contribution in [2.24, 2.45) is 5.92 Å². The molecule has 1 atom stereocenters. The standard InChI is InChI=1S/C12H19BrOS/c1-8(2)5-4-6-10(14)11-7-9(3)12(13)15-11/h7-8,10,14H,4-6H2,1-3H3. The van der Waals surface area contributed by atoms with E-state index in [1.807, 2.05) is 0 Å². The first kappa shape index (κ1) is 13.2. The molecule has 1 aromatic heterocycles. The molecule has 15 heavy (non-hydrogen) atoms. The van der Waals surface area contributed by atoms with Crippen LogP contribution in [0.3, 0.4) is 0 Å². The number of thiophene rings is 1. The van der Waals surface area contributed by atoms with Crippen molar-refractivity contribution in [3.8, 4) is 0 Å². The number of aliphatic hydroxyl groups excluding tert-OH is 1. The molecule has 1 nitrogen and oxygen atoms in total. The summed E-state index contributed by atoms with van der Waals surface area (Å²) in [5.41, 5.74) is 1.22. The van der Waals surface area contributed by atoms with Gasteiger partial charge in [-0.15, -0.1) is 11.3 Å². The maximum atomic E-state index is 9.96. The molecule has 0 aliphatic heterocycles. The molecule has 0 aromatic carbocycles. The van der Waals surface area contributed by atoms with Crippen molar-refractivity contribution in [2.45, 2.75) is 46.1 Å². The second-order valence-corrected chi connectivity index (χ2v) is 6.85. The molecule has 86 valence electrons. The topological polar surface area (TPSA) is 20.2 Å². The zero-order valence-corrected chi connectivity index (χ0v) is 12.0. The van der Waals surface area contributed by atoms with E-state index in [0.717, 1.165) is 27.4 Å². The number of rotatable bonds is 5. The minimum absolute atomic E-state index is 0.279. The van der Waals surface area contributed by atoms with Gasteiger partial charge in [0, 0.05) is 4.88 Å². The second kappa shape index (κ2) is 6.02. The third-order valence-corrected chi connectivity index (χ3v) is 4.70. The first-order valence-electron chi connectivity index (χ1n) is 5.44. The zero-order valence-electron chi connectivity index (χ0n) is 9.59. The van der Waals surface area contributed by atoms with Crippen molar-refractivity contribution in [2.75, 3.05) is 0 Å². The molecule has 0 saturated carbocycles. The molecule has 1 unspecified atom stereocenters. The van der Waals surface area contributed by atoms with Gasteiger partial charge in [0.25, 0.3) is 0 Å². The van der Waals surface area contributed by atoms with E-state index in [-0.39, 0.29) is 6.10 Å². The molecule has 0 amide bonds. The predicted molar refractivity (Wildman–Crippen MR) is 70.4 cm³/mol. The lowest BCUT2D eigenvalue weighted by atomic mass is 10.0. The molecule has 0 saturated heterocycles. The Hall–Kier alpha value is 0.140. The number of hydrogen-bond acceptors (Lipinski definition) is 2. The third-order valence-electron chi connectivity index (χ3n) is 2.46. The van der Waals surface area contributed by atoms with E-state index in [1.165, 1.54) is 12.0 Å². The highest BCUT2D eigenvalue weighted by Crippen LogP contribution is 2.33. The van der Waals surface area contributed by atoms with Crippen LogP contribution in [0.25, 0.3) is 0 Å². The SMILES string of the molecule is Cc1cc(C(O)CCCC(C)C)sc1Br. The van der Waals surface area contributed by atoms with Crippen molar-refractivity contribution in [1.29, 1.82) is 0 Å². The summed E-state index contributed by atoms with van der Waals surface area (Å²) in [6, 6.07) is 2.08. The van der Waals surface area contributed by atoms with Crippen LogP contribution >= 0.6 is 27.3 Å². The van der Waals surface area contributed by atoms with E-state index in [9.17, 15) is 5.11 Å². The van der Waals surface area contributed by atoms with E-state index < -0.39 is 0 Å². The average molecular weight is 291 g/mol.